The van der Waals surface area contributed by atoms with E-state index in [0.717, 1.165) is 22.3 Å². The highest BCUT2D eigenvalue weighted by Gasteiger charge is 2.40. The highest BCUT2D eigenvalue weighted by molar-refractivity contribution is 5.87. The van der Waals surface area contributed by atoms with Gasteiger partial charge in [-0.05, 0) is 34.7 Å². The molecule has 2 amide bonds. The number of aliphatic carboxylic acids is 1. The molecule has 1 aliphatic carbocycles. The Labute approximate surface area is 205 Å². The third kappa shape index (κ3) is 5.03. The van der Waals surface area contributed by atoms with Gasteiger partial charge < -0.3 is 20.1 Å². The second-order valence-electron chi connectivity index (χ2n) is 10.4. The number of nitrogens with zero attached hydrogens (tertiary/aromatic N) is 2. The molecule has 0 bridgehead atoms. The van der Waals surface area contributed by atoms with Crippen molar-refractivity contribution in [1.82, 2.24) is 15.1 Å². The number of rotatable bonds is 5. The molecule has 2 N–H and O–H groups in total. The average Bonchev–Trinajstić information content (AvgIpc) is 3.14. The molecule has 4 rings (SSSR count). The Morgan fingerprint density at radius 2 is 1.60 bits per heavy atom. The van der Waals surface area contributed by atoms with E-state index >= 15 is 0 Å². The lowest BCUT2D eigenvalue weighted by atomic mass is 9.85. The lowest BCUT2D eigenvalue weighted by Crippen LogP contribution is -2.61. The van der Waals surface area contributed by atoms with Crippen molar-refractivity contribution >= 4 is 18.0 Å². The fourth-order valence-corrected chi connectivity index (χ4v) is 4.93. The van der Waals surface area contributed by atoms with Gasteiger partial charge in [0, 0.05) is 25.6 Å². The van der Waals surface area contributed by atoms with Gasteiger partial charge in [0.05, 0.1) is 0 Å². The molecule has 1 aliphatic heterocycles. The molecule has 2 aliphatic rings. The van der Waals surface area contributed by atoms with E-state index in [1.807, 2.05) is 45.0 Å². The van der Waals surface area contributed by atoms with Gasteiger partial charge in [-0.1, -0.05) is 69.3 Å². The molecule has 2 unspecified atom stereocenters. The van der Waals surface area contributed by atoms with Crippen molar-refractivity contribution in [3.05, 3.63) is 59.7 Å². The minimum absolute atomic E-state index is 0.0730. The van der Waals surface area contributed by atoms with Crippen LogP contribution in [0, 0.1) is 5.41 Å². The highest BCUT2D eigenvalue weighted by atomic mass is 16.5. The number of alkyl carbamates (subject to hydrolysis) is 1. The zero-order chi connectivity index (χ0) is 25.3. The Hall–Kier alpha value is -3.39. The molecule has 1 fully saturated rings. The topological polar surface area (TPSA) is 99.2 Å². The number of carboxylic acids is 1. The largest absolute Gasteiger partial charge is 0.480 e. The summed E-state index contributed by atoms with van der Waals surface area (Å²) in [5.41, 5.74) is 3.92. The molecule has 0 radical (unpaired) electrons. The maximum absolute atomic E-state index is 13.4. The lowest BCUT2D eigenvalue weighted by molar-refractivity contribution is -0.149. The fraction of sp³-hybridized carbons (Fsp3) is 0.444. The van der Waals surface area contributed by atoms with Gasteiger partial charge in [-0.25, -0.2) is 4.79 Å². The van der Waals surface area contributed by atoms with E-state index in [4.69, 9.17) is 4.74 Å². The van der Waals surface area contributed by atoms with Gasteiger partial charge in [-0.15, -0.1) is 0 Å². The van der Waals surface area contributed by atoms with E-state index in [9.17, 15) is 19.5 Å². The predicted octanol–water partition coefficient (Wildman–Crippen LogP) is 3.17. The summed E-state index contributed by atoms with van der Waals surface area (Å²) in [6.07, 6.45) is -0.663. The summed E-state index contributed by atoms with van der Waals surface area (Å²) < 4.78 is 5.66. The summed E-state index contributed by atoms with van der Waals surface area (Å²) in [7, 11) is 1.73. The molecule has 0 aromatic heterocycles. The first-order chi connectivity index (χ1) is 16.6. The molecule has 8 nitrogen and oxygen atoms in total. The van der Waals surface area contributed by atoms with Crippen molar-refractivity contribution < 1.29 is 24.2 Å². The van der Waals surface area contributed by atoms with E-state index < -0.39 is 29.6 Å². The second kappa shape index (κ2) is 9.70. The fourth-order valence-electron chi connectivity index (χ4n) is 4.93. The van der Waals surface area contributed by atoms with Gasteiger partial charge in [0.1, 0.15) is 18.7 Å². The Morgan fingerprint density at radius 3 is 2.14 bits per heavy atom. The van der Waals surface area contributed by atoms with Gasteiger partial charge in [-0.3, -0.25) is 14.5 Å². The predicted molar refractivity (Wildman–Crippen MR) is 132 cm³/mol. The van der Waals surface area contributed by atoms with E-state index in [2.05, 4.69) is 29.6 Å². The molecule has 2 aromatic carbocycles. The number of likely N-dealkylation sites (N-methyl/N-ethyl adjacent to an activating group) is 1. The second-order valence-corrected chi connectivity index (χ2v) is 10.4. The van der Waals surface area contributed by atoms with Crippen molar-refractivity contribution in [2.75, 3.05) is 33.3 Å². The number of fused-ring (bicyclic) bond motifs is 3. The van der Waals surface area contributed by atoms with Crippen LogP contribution < -0.4 is 5.32 Å². The molecule has 1 saturated heterocycles. The summed E-state index contributed by atoms with van der Waals surface area (Å²) in [4.78, 5) is 41.1. The van der Waals surface area contributed by atoms with Gasteiger partial charge in [0.15, 0.2) is 0 Å². The van der Waals surface area contributed by atoms with Gasteiger partial charge >= 0.3 is 12.1 Å². The number of hydrogen-bond acceptors (Lipinski definition) is 5. The summed E-state index contributed by atoms with van der Waals surface area (Å²) in [5, 5.41) is 12.3. The van der Waals surface area contributed by atoms with Crippen LogP contribution in [0.2, 0.25) is 0 Å². The Bertz CT molecular complexity index is 1080. The zero-order valence-corrected chi connectivity index (χ0v) is 20.7. The SMILES string of the molecule is CN1CCN(C(=O)C(NC(=O)OCC2c3ccccc3-c3ccccc32)C(C)(C)C)CC1C(=O)O. The molecule has 1 heterocycles. The summed E-state index contributed by atoms with van der Waals surface area (Å²) >= 11 is 0. The molecule has 2 aromatic rings. The molecule has 35 heavy (non-hydrogen) atoms. The lowest BCUT2D eigenvalue weighted by Gasteiger charge is -2.41. The number of carboxylic acid groups (broad SMARTS) is 1. The quantitative estimate of drug-likeness (QED) is 0.684. The Kier molecular flexibility index (Phi) is 6.85. The van der Waals surface area contributed by atoms with Crippen LogP contribution in [0.5, 0.6) is 0 Å². The Balaban J connectivity index is 1.45. The number of benzene rings is 2. The molecule has 0 spiro atoms. The third-order valence-electron chi connectivity index (χ3n) is 6.96. The van der Waals surface area contributed by atoms with Crippen molar-refractivity contribution in [3.63, 3.8) is 0 Å². The number of carbonyl (C=O) groups is 3. The monoisotopic (exact) mass is 479 g/mol. The highest BCUT2D eigenvalue weighted by Crippen LogP contribution is 2.44. The minimum Gasteiger partial charge on any atom is -0.480 e. The number of piperazine rings is 1. The van der Waals surface area contributed by atoms with Crippen LogP contribution in [0.3, 0.4) is 0 Å². The normalized spacial score (nSPS) is 19.0. The van der Waals surface area contributed by atoms with Crippen LogP contribution in [-0.2, 0) is 14.3 Å². The summed E-state index contributed by atoms with van der Waals surface area (Å²) in [6, 6.07) is 14.6. The van der Waals surface area contributed by atoms with Crippen LogP contribution >= 0.6 is 0 Å². The van der Waals surface area contributed by atoms with Crippen molar-refractivity contribution in [1.29, 1.82) is 0 Å². The smallest absolute Gasteiger partial charge is 0.407 e. The number of amides is 2. The average molecular weight is 480 g/mol. The molecule has 186 valence electrons. The first kappa shape index (κ1) is 24.7. The van der Waals surface area contributed by atoms with Gasteiger partial charge in [-0.2, -0.15) is 0 Å². The van der Waals surface area contributed by atoms with E-state index in [-0.39, 0.29) is 25.0 Å². The maximum atomic E-state index is 13.4. The van der Waals surface area contributed by atoms with Gasteiger partial charge in [0.2, 0.25) is 5.91 Å². The molecule has 8 heteroatoms. The van der Waals surface area contributed by atoms with Gasteiger partial charge in [0.25, 0.3) is 0 Å². The zero-order valence-electron chi connectivity index (χ0n) is 20.7. The van der Waals surface area contributed by atoms with Crippen molar-refractivity contribution in [2.24, 2.45) is 5.41 Å². The molecule has 0 saturated carbocycles. The number of nitrogens with one attached hydrogen (secondary N) is 1. The molecular formula is C27H33N3O5. The Morgan fingerprint density at radius 1 is 1.03 bits per heavy atom. The first-order valence-electron chi connectivity index (χ1n) is 11.9. The van der Waals surface area contributed by atoms with Crippen LogP contribution in [0.4, 0.5) is 4.79 Å². The van der Waals surface area contributed by atoms with Crippen LogP contribution in [-0.4, -0.2) is 78.2 Å². The minimum atomic E-state index is -0.971. The first-order valence-corrected chi connectivity index (χ1v) is 11.9. The summed E-state index contributed by atoms with van der Waals surface area (Å²) in [5.74, 6) is -1.35. The van der Waals surface area contributed by atoms with E-state index in [0.29, 0.717) is 13.1 Å². The van der Waals surface area contributed by atoms with Crippen molar-refractivity contribution in [2.45, 2.75) is 38.8 Å². The van der Waals surface area contributed by atoms with Crippen LogP contribution in [0.1, 0.15) is 37.8 Å². The number of ether oxygens (including phenoxy) is 1. The van der Waals surface area contributed by atoms with Crippen molar-refractivity contribution in [3.8, 4) is 11.1 Å². The van der Waals surface area contributed by atoms with Crippen LogP contribution in [0.15, 0.2) is 48.5 Å². The molecule has 2 atom stereocenters. The van der Waals surface area contributed by atoms with E-state index in [1.54, 1.807) is 11.9 Å². The number of carbonyl (C=O) groups excluding carboxylic acids is 2. The van der Waals surface area contributed by atoms with Crippen LogP contribution in [0.25, 0.3) is 11.1 Å². The molecular weight excluding hydrogens is 446 g/mol. The standard InChI is InChI=1S/C27H33N3O5/c1-27(2,3)23(24(31)30-14-13-29(4)22(15-30)25(32)33)28-26(34)35-16-21-19-11-7-5-9-17(19)18-10-6-8-12-20(18)21/h5-12,21-23H,13-16H2,1-4H3,(H,28,34)(H,32,33). The summed E-state index contributed by atoms with van der Waals surface area (Å²) in [6.45, 7) is 6.67. The third-order valence-corrected chi connectivity index (χ3v) is 6.96. The maximum Gasteiger partial charge on any atom is 0.407 e. The van der Waals surface area contributed by atoms with E-state index in [1.165, 1.54) is 4.90 Å². The number of hydrogen-bond donors (Lipinski definition) is 2.